The second-order valence-electron chi connectivity index (χ2n) is 2.11. The molecule has 1 nitrogen and oxygen atoms in total. The average molecular weight is 153 g/mol. The minimum atomic E-state index is 0.755. The van der Waals surface area contributed by atoms with E-state index in [4.69, 9.17) is 16.3 Å². The van der Waals surface area contributed by atoms with Gasteiger partial charge in [-0.1, -0.05) is 11.6 Å². The van der Waals surface area contributed by atoms with Gasteiger partial charge >= 0.3 is 0 Å². The zero-order chi connectivity index (χ0) is 6.97. The Kier molecular flexibility index (Phi) is 1.18. The van der Waals surface area contributed by atoms with Gasteiger partial charge in [0.05, 0.1) is 0 Å². The van der Waals surface area contributed by atoms with Crippen molar-refractivity contribution in [2.75, 3.05) is 0 Å². The van der Waals surface area contributed by atoms with Crippen LogP contribution in [-0.2, 0) is 4.74 Å². The van der Waals surface area contributed by atoms with E-state index in [1.54, 1.807) is 6.26 Å². The Labute approximate surface area is 63.9 Å². The van der Waals surface area contributed by atoms with E-state index in [0.717, 1.165) is 16.3 Å². The highest BCUT2D eigenvalue weighted by atomic mass is 35.5. The lowest BCUT2D eigenvalue weighted by Crippen LogP contribution is -1.71. The van der Waals surface area contributed by atoms with Crippen molar-refractivity contribution in [1.82, 2.24) is 0 Å². The molecular weight excluding hydrogens is 148 g/mol. The topological polar surface area (TPSA) is 12.5 Å². The molecule has 0 saturated heterocycles. The second-order valence-corrected chi connectivity index (χ2v) is 2.54. The SMILES string of the molecule is Clc1ccc(C2=CO2)cc1. The van der Waals surface area contributed by atoms with Gasteiger partial charge in [-0.05, 0) is 24.3 Å². The van der Waals surface area contributed by atoms with Gasteiger partial charge < -0.3 is 4.74 Å². The minimum absolute atomic E-state index is 0.755. The highest BCUT2D eigenvalue weighted by Crippen LogP contribution is 2.27. The lowest BCUT2D eigenvalue weighted by Gasteiger charge is -1.90. The van der Waals surface area contributed by atoms with E-state index in [0.29, 0.717) is 0 Å². The average Bonchev–Trinajstić information content (AvgIpc) is 2.71. The monoisotopic (exact) mass is 152 g/mol. The van der Waals surface area contributed by atoms with Crippen LogP contribution in [0, 0.1) is 0 Å². The molecule has 0 radical (unpaired) electrons. The van der Waals surface area contributed by atoms with Gasteiger partial charge in [-0.2, -0.15) is 0 Å². The zero-order valence-electron chi connectivity index (χ0n) is 5.17. The van der Waals surface area contributed by atoms with Crippen molar-refractivity contribution in [3.63, 3.8) is 0 Å². The van der Waals surface area contributed by atoms with Crippen molar-refractivity contribution in [3.8, 4) is 0 Å². The van der Waals surface area contributed by atoms with Crippen molar-refractivity contribution in [1.29, 1.82) is 0 Å². The molecule has 50 valence electrons. The molecule has 1 aliphatic heterocycles. The van der Waals surface area contributed by atoms with Crippen molar-refractivity contribution < 1.29 is 4.74 Å². The fourth-order valence-corrected chi connectivity index (χ4v) is 0.906. The lowest BCUT2D eigenvalue weighted by molar-refractivity contribution is 0.563. The minimum Gasteiger partial charge on any atom is -0.457 e. The molecule has 0 spiro atoms. The summed E-state index contributed by atoms with van der Waals surface area (Å²) in [5, 5.41) is 0.755. The third-order valence-corrected chi connectivity index (χ3v) is 1.62. The molecular formula is C8H5ClO. The van der Waals surface area contributed by atoms with E-state index in [1.807, 2.05) is 24.3 Å². The van der Waals surface area contributed by atoms with Crippen molar-refractivity contribution in [2.45, 2.75) is 0 Å². The summed E-state index contributed by atoms with van der Waals surface area (Å²) in [6, 6.07) is 7.56. The Balaban J connectivity index is 2.37. The van der Waals surface area contributed by atoms with Crippen LogP contribution in [0.3, 0.4) is 0 Å². The molecule has 0 aliphatic carbocycles. The van der Waals surface area contributed by atoms with Gasteiger partial charge in [0.1, 0.15) is 6.26 Å². The summed E-state index contributed by atoms with van der Waals surface area (Å²) in [7, 11) is 0. The quantitative estimate of drug-likeness (QED) is 0.603. The predicted octanol–water partition coefficient (Wildman–Crippen LogP) is 2.67. The van der Waals surface area contributed by atoms with Gasteiger partial charge in [0.25, 0.3) is 0 Å². The molecule has 1 aromatic rings. The number of halogens is 1. The molecule has 0 bridgehead atoms. The largest absolute Gasteiger partial charge is 0.457 e. The summed E-state index contributed by atoms with van der Waals surface area (Å²) in [6.07, 6.45) is 1.71. The van der Waals surface area contributed by atoms with Gasteiger partial charge in [-0.25, -0.2) is 0 Å². The number of hydrogen-bond acceptors (Lipinski definition) is 1. The summed E-state index contributed by atoms with van der Waals surface area (Å²) in [4.78, 5) is 0. The molecule has 1 heterocycles. The molecule has 0 fully saturated rings. The Morgan fingerprint density at radius 1 is 1.10 bits per heavy atom. The van der Waals surface area contributed by atoms with Crippen LogP contribution in [0.2, 0.25) is 5.02 Å². The summed E-state index contributed by atoms with van der Waals surface area (Å²) in [6.45, 7) is 0. The highest BCUT2D eigenvalue weighted by molar-refractivity contribution is 6.30. The maximum Gasteiger partial charge on any atom is 0.168 e. The fourth-order valence-electron chi connectivity index (χ4n) is 0.780. The first kappa shape index (κ1) is 5.81. The van der Waals surface area contributed by atoms with Crippen LogP contribution in [0.5, 0.6) is 0 Å². The second kappa shape index (κ2) is 2.03. The van der Waals surface area contributed by atoms with E-state index in [-0.39, 0.29) is 0 Å². The molecule has 2 rings (SSSR count). The van der Waals surface area contributed by atoms with Gasteiger partial charge in [-0.3, -0.25) is 0 Å². The Morgan fingerprint density at radius 3 is 2.20 bits per heavy atom. The van der Waals surface area contributed by atoms with Crippen LogP contribution in [0.25, 0.3) is 5.76 Å². The van der Waals surface area contributed by atoms with Crippen LogP contribution >= 0.6 is 11.6 Å². The number of benzene rings is 1. The molecule has 1 aliphatic rings. The van der Waals surface area contributed by atoms with E-state index in [2.05, 4.69) is 0 Å². The Bertz CT molecular complexity index is 274. The number of rotatable bonds is 1. The summed E-state index contributed by atoms with van der Waals surface area (Å²) < 4.78 is 4.88. The predicted molar refractivity (Wildman–Crippen MR) is 40.5 cm³/mol. The molecule has 0 saturated carbocycles. The third kappa shape index (κ3) is 1.00. The summed E-state index contributed by atoms with van der Waals surface area (Å²) >= 11 is 5.68. The van der Waals surface area contributed by atoms with Crippen LogP contribution < -0.4 is 0 Å². The Morgan fingerprint density at radius 2 is 1.70 bits per heavy atom. The van der Waals surface area contributed by atoms with Gasteiger partial charge in [0.15, 0.2) is 5.76 Å². The molecule has 0 N–H and O–H groups in total. The van der Waals surface area contributed by atoms with E-state index < -0.39 is 0 Å². The summed E-state index contributed by atoms with van der Waals surface area (Å²) in [5.74, 6) is 0.941. The molecule has 0 amide bonds. The van der Waals surface area contributed by atoms with Crippen LogP contribution in [-0.4, -0.2) is 0 Å². The maximum atomic E-state index is 5.68. The maximum absolute atomic E-state index is 5.68. The Hall–Kier alpha value is -0.950. The first-order valence-corrected chi connectivity index (χ1v) is 3.37. The number of ether oxygens (including phenoxy) is 1. The highest BCUT2D eigenvalue weighted by Gasteiger charge is 2.11. The summed E-state index contributed by atoms with van der Waals surface area (Å²) in [5.41, 5.74) is 1.09. The standard InChI is InChI=1S/C8H5ClO/c9-7-3-1-6(2-4-7)8-5-10-8/h1-5H. The van der Waals surface area contributed by atoms with E-state index in [1.165, 1.54) is 0 Å². The van der Waals surface area contributed by atoms with Gasteiger partial charge in [0.2, 0.25) is 0 Å². The van der Waals surface area contributed by atoms with Crippen molar-refractivity contribution in [2.24, 2.45) is 0 Å². The molecule has 1 aromatic carbocycles. The zero-order valence-corrected chi connectivity index (χ0v) is 5.93. The van der Waals surface area contributed by atoms with Crippen LogP contribution in [0.4, 0.5) is 0 Å². The fraction of sp³-hybridized carbons (Fsp3) is 0. The smallest absolute Gasteiger partial charge is 0.168 e. The molecule has 0 atom stereocenters. The van der Waals surface area contributed by atoms with Crippen molar-refractivity contribution in [3.05, 3.63) is 41.1 Å². The van der Waals surface area contributed by atoms with Crippen LogP contribution in [0.1, 0.15) is 5.56 Å². The first-order chi connectivity index (χ1) is 4.86. The molecule has 2 heteroatoms. The molecule has 10 heavy (non-hydrogen) atoms. The van der Waals surface area contributed by atoms with E-state index in [9.17, 15) is 0 Å². The first-order valence-electron chi connectivity index (χ1n) is 2.99. The molecule has 0 aromatic heterocycles. The third-order valence-electron chi connectivity index (χ3n) is 1.36. The van der Waals surface area contributed by atoms with E-state index >= 15 is 0 Å². The molecule has 0 unspecified atom stereocenters. The van der Waals surface area contributed by atoms with Crippen molar-refractivity contribution >= 4 is 17.4 Å². The normalized spacial score (nSPS) is 13.9. The van der Waals surface area contributed by atoms with Gasteiger partial charge in [0, 0.05) is 10.6 Å². The lowest BCUT2D eigenvalue weighted by atomic mass is 10.2. The number of hydrogen-bond donors (Lipinski definition) is 0. The van der Waals surface area contributed by atoms with Crippen LogP contribution in [0.15, 0.2) is 30.5 Å². The van der Waals surface area contributed by atoms with Gasteiger partial charge in [-0.15, -0.1) is 0 Å².